The van der Waals surface area contributed by atoms with Crippen LogP contribution in [0.1, 0.15) is 84.5 Å². The Bertz CT molecular complexity index is 555. The van der Waals surface area contributed by atoms with E-state index >= 15 is 0 Å². The molecule has 1 unspecified atom stereocenters. The molecule has 3 nitrogen and oxygen atoms in total. The average molecular weight is 433 g/mol. The first-order chi connectivity index (χ1) is 12.0. The highest BCUT2D eigenvalue weighted by Gasteiger charge is 2.21. The van der Waals surface area contributed by atoms with Gasteiger partial charge in [-0.1, -0.05) is 87.6 Å². The fourth-order valence-corrected chi connectivity index (χ4v) is 4.25. The molecular formula is C20H33BrO3S. The molecule has 25 heavy (non-hydrogen) atoms. The third-order valence-electron chi connectivity index (χ3n) is 4.37. The lowest BCUT2D eigenvalue weighted by atomic mass is 10.0. The number of unbranched alkanes of at least 4 members (excludes halogenated alkanes) is 7. The van der Waals surface area contributed by atoms with Crippen LogP contribution in [0, 0.1) is 0 Å². The lowest BCUT2D eigenvalue weighted by molar-refractivity contribution is 0.180. The summed E-state index contributed by atoms with van der Waals surface area (Å²) < 4.78 is 31.5. The molecule has 0 spiro atoms. The largest absolute Gasteiger partial charge is 0.297 e. The van der Waals surface area contributed by atoms with Gasteiger partial charge in [-0.2, -0.15) is 8.42 Å². The summed E-state index contributed by atoms with van der Waals surface area (Å²) in [4.78, 5) is 0.236. The Morgan fingerprint density at radius 1 is 0.840 bits per heavy atom. The molecule has 0 amide bonds. The fraction of sp³-hybridized carbons (Fsp3) is 0.700. The van der Waals surface area contributed by atoms with Gasteiger partial charge in [0.2, 0.25) is 0 Å². The summed E-state index contributed by atoms with van der Waals surface area (Å²) in [6, 6.07) is 6.65. The van der Waals surface area contributed by atoms with Crippen molar-refractivity contribution in [1.29, 1.82) is 0 Å². The van der Waals surface area contributed by atoms with Crippen molar-refractivity contribution in [3.05, 3.63) is 28.7 Å². The molecule has 0 aliphatic heterocycles. The van der Waals surface area contributed by atoms with Crippen molar-refractivity contribution in [1.82, 2.24) is 0 Å². The normalized spacial score (nSPS) is 13.1. The zero-order chi connectivity index (χ0) is 18.5. The minimum atomic E-state index is -3.69. The van der Waals surface area contributed by atoms with E-state index < -0.39 is 10.1 Å². The van der Waals surface area contributed by atoms with E-state index in [0.29, 0.717) is 0 Å². The van der Waals surface area contributed by atoms with E-state index in [9.17, 15) is 8.42 Å². The summed E-state index contributed by atoms with van der Waals surface area (Å²) in [5, 5.41) is 0. The molecule has 5 heteroatoms. The Labute approximate surface area is 162 Å². The molecule has 0 heterocycles. The van der Waals surface area contributed by atoms with Gasteiger partial charge in [0.1, 0.15) is 0 Å². The SMILES string of the molecule is CCCCCCCC(CCCCCC)OS(=O)(=O)c1ccc(Br)cc1. The molecule has 0 saturated heterocycles. The van der Waals surface area contributed by atoms with Gasteiger partial charge in [-0.3, -0.25) is 4.18 Å². The molecule has 1 atom stereocenters. The third kappa shape index (κ3) is 9.76. The molecule has 0 aliphatic carbocycles. The maximum Gasteiger partial charge on any atom is 0.297 e. The van der Waals surface area contributed by atoms with Crippen molar-refractivity contribution >= 4 is 26.0 Å². The van der Waals surface area contributed by atoms with Crippen LogP contribution in [0.2, 0.25) is 0 Å². The lowest BCUT2D eigenvalue weighted by Crippen LogP contribution is -2.19. The van der Waals surface area contributed by atoms with Crippen molar-refractivity contribution in [3.8, 4) is 0 Å². The van der Waals surface area contributed by atoms with Gasteiger partial charge in [-0.05, 0) is 37.1 Å². The van der Waals surface area contributed by atoms with Crippen LogP contribution in [0.15, 0.2) is 33.6 Å². The second-order valence-electron chi connectivity index (χ2n) is 6.68. The maximum absolute atomic E-state index is 12.5. The number of hydrogen-bond acceptors (Lipinski definition) is 3. The van der Waals surface area contributed by atoms with E-state index in [1.54, 1.807) is 24.3 Å². The Morgan fingerprint density at radius 3 is 1.84 bits per heavy atom. The van der Waals surface area contributed by atoms with Gasteiger partial charge in [0.15, 0.2) is 0 Å². The fourth-order valence-electron chi connectivity index (χ4n) is 2.85. The van der Waals surface area contributed by atoms with E-state index in [2.05, 4.69) is 29.8 Å². The molecule has 0 radical (unpaired) electrons. The van der Waals surface area contributed by atoms with Crippen LogP contribution in [-0.4, -0.2) is 14.5 Å². The van der Waals surface area contributed by atoms with E-state index in [0.717, 1.165) is 43.0 Å². The van der Waals surface area contributed by atoms with Gasteiger partial charge in [-0.15, -0.1) is 0 Å². The predicted octanol–water partition coefficient (Wildman–Crippen LogP) is 6.85. The van der Waals surface area contributed by atoms with E-state index in [1.807, 2.05) is 0 Å². The molecular weight excluding hydrogens is 400 g/mol. The highest BCUT2D eigenvalue weighted by atomic mass is 79.9. The first-order valence-corrected chi connectivity index (χ1v) is 11.9. The summed E-state index contributed by atoms with van der Waals surface area (Å²) in [5.41, 5.74) is 0. The van der Waals surface area contributed by atoms with Gasteiger partial charge in [0, 0.05) is 4.47 Å². The highest BCUT2D eigenvalue weighted by molar-refractivity contribution is 9.10. The molecule has 0 saturated carbocycles. The Hall–Kier alpha value is -0.390. The highest BCUT2D eigenvalue weighted by Crippen LogP contribution is 2.22. The summed E-state index contributed by atoms with van der Waals surface area (Å²) in [6.07, 6.45) is 11.9. The van der Waals surface area contributed by atoms with E-state index in [1.165, 1.54) is 32.1 Å². The standard InChI is InChI=1S/C20H33BrO3S/c1-3-5-7-9-11-13-19(12-10-8-6-4-2)24-25(22,23)20-16-14-18(21)15-17-20/h14-17,19H,3-13H2,1-2H3. The quantitative estimate of drug-likeness (QED) is 0.238. The Balaban J connectivity index is 2.61. The average Bonchev–Trinajstić information content (AvgIpc) is 2.58. The van der Waals surface area contributed by atoms with Gasteiger partial charge in [0.05, 0.1) is 11.0 Å². The van der Waals surface area contributed by atoms with Gasteiger partial charge in [0.25, 0.3) is 10.1 Å². The zero-order valence-electron chi connectivity index (χ0n) is 15.7. The van der Waals surface area contributed by atoms with Gasteiger partial charge >= 0.3 is 0 Å². The molecule has 0 aromatic heterocycles. The minimum absolute atomic E-state index is 0.202. The van der Waals surface area contributed by atoms with Crippen molar-refractivity contribution in [2.75, 3.05) is 0 Å². The summed E-state index contributed by atoms with van der Waals surface area (Å²) in [7, 11) is -3.69. The minimum Gasteiger partial charge on any atom is -0.263 e. The van der Waals surface area contributed by atoms with Crippen LogP contribution >= 0.6 is 15.9 Å². The van der Waals surface area contributed by atoms with Crippen LogP contribution in [-0.2, 0) is 14.3 Å². The van der Waals surface area contributed by atoms with Gasteiger partial charge in [-0.25, -0.2) is 0 Å². The molecule has 144 valence electrons. The maximum atomic E-state index is 12.5. The molecule has 0 bridgehead atoms. The molecule has 1 aromatic carbocycles. The number of rotatable bonds is 14. The molecule has 0 fully saturated rings. The monoisotopic (exact) mass is 432 g/mol. The van der Waals surface area contributed by atoms with Crippen molar-refractivity contribution in [3.63, 3.8) is 0 Å². The second kappa shape index (κ2) is 12.9. The van der Waals surface area contributed by atoms with Crippen LogP contribution in [0.5, 0.6) is 0 Å². The topological polar surface area (TPSA) is 43.4 Å². The third-order valence-corrected chi connectivity index (χ3v) is 6.28. The number of halogens is 1. The first-order valence-electron chi connectivity index (χ1n) is 9.68. The zero-order valence-corrected chi connectivity index (χ0v) is 18.1. The molecule has 0 aliphatic rings. The van der Waals surface area contributed by atoms with E-state index in [4.69, 9.17) is 4.18 Å². The van der Waals surface area contributed by atoms with Gasteiger partial charge < -0.3 is 0 Å². The lowest BCUT2D eigenvalue weighted by Gasteiger charge is -2.18. The number of benzene rings is 1. The van der Waals surface area contributed by atoms with Crippen LogP contribution in [0.3, 0.4) is 0 Å². The molecule has 0 N–H and O–H groups in total. The summed E-state index contributed by atoms with van der Waals surface area (Å²) >= 11 is 3.33. The molecule has 1 rings (SSSR count). The second-order valence-corrected chi connectivity index (χ2v) is 9.17. The first kappa shape index (κ1) is 22.7. The Morgan fingerprint density at radius 2 is 1.32 bits per heavy atom. The van der Waals surface area contributed by atoms with Crippen LogP contribution < -0.4 is 0 Å². The van der Waals surface area contributed by atoms with Crippen molar-refractivity contribution in [2.24, 2.45) is 0 Å². The van der Waals surface area contributed by atoms with Crippen molar-refractivity contribution in [2.45, 2.75) is 95.5 Å². The van der Waals surface area contributed by atoms with Crippen molar-refractivity contribution < 1.29 is 12.6 Å². The molecule has 1 aromatic rings. The van der Waals surface area contributed by atoms with E-state index in [-0.39, 0.29) is 11.0 Å². The summed E-state index contributed by atoms with van der Waals surface area (Å²) in [5.74, 6) is 0. The number of hydrogen-bond donors (Lipinski definition) is 0. The smallest absolute Gasteiger partial charge is 0.263 e. The van der Waals surface area contributed by atoms with Crippen LogP contribution in [0.25, 0.3) is 0 Å². The Kier molecular flexibility index (Phi) is 11.7. The predicted molar refractivity (Wildman–Crippen MR) is 108 cm³/mol. The summed E-state index contributed by atoms with van der Waals surface area (Å²) in [6.45, 7) is 4.38. The van der Waals surface area contributed by atoms with Crippen LogP contribution in [0.4, 0.5) is 0 Å².